The first-order chi connectivity index (χ1) is 8.56. The molecule has 1 amide bonds. The average molecular weight is 255 g/mol. The van der Waals surface area contributed by atoms with Crippen molar-refractivity contribution < 1.29 is 23.8 Å². The molecule has 0 unspecified atom stereocenters. The van der Waals surface area contributed by atoms with Gasteiger partial charge in [0.05, 0.1) is 24.3 Å². The fraction of sp³-hybridized carbons (Fsp3) is 0.333. The maximum atomic E-state index is 13.4. The van der Waals surface area contributed by atoms with E-state index in [-0.39, 0.29) is 24.3 Å². The minimum absolute atomic E-state index is 0.0429. The predicted octanol–water partition coefficient (Wildman–Crippen LogP) is 1.89. The molecule has 0 bridgehead atoms. The van der Waals surface area contributed by atoms with Crippen LogP contribution in [0, 0.1) is 5.82 Å². The Balaban J connectivity index is 2.77. The zero-order valence-corrected chi connectivity index (χ0v) is 9.90. The molecular weight excluding hydrogens is 241 g/mol. The number of carbonyl (C=O) groups is 2. The number of anilines is 1. The fourth-order valence-electron chi connectivity index (χ4n) is 1.34. The van der Waals surface area contributed by atoms with Gasteiger partial charge >= 0.3 is 5.97 Å². The summed E-state index contributed by atoms with van der Waals surface area (Å²) < 4.78 is 18.4. The lowest BCUT2D eigenvalue weighted by Crippen LogP contribution is -2.17. The van der Waals surface area contributed by atoms with Crippen LogP contribution >= 0.6 is 0 Å². The van der Waals surface area contributed by atoms with Crippen molar-refractivity contribution in [2.45, 2.75) is 13.3 Å². The summed E-state index contributed by atoms with van der Waals surface area (Å²) in [6.45, 7) is 2.48. The fourth-order valence-corrected chi connectivity index (χ4v) is 1.34. The summed E-state index contributed by atoms with van der Waals surface area (Å²) in [4.78, 5) is 22.3. The highest BCUT2D eigenvalue weighted by atomic mass is 19.1. The summed E-state index contributed by atoms with van der Waals surface area (Å²) in [5, 5.41) is 11.1. The van der Waals surface area contributed by atoms with E-state index in [0.29, 0.717) is 6.61 Å². The summed E-state index contributed by atoms with van der Waals surface area (Å²) in [5.41, 5.74) is -0.591. The molecule has 0 fully saturated rings. The number of ether oxygens (including phenoxy) is 1. The molecule has 0 aliphatic rings. The van der Waals surface area contributed by atoms with Crippen molar-refractivity contribution in [3.8, 4) is 0 Å². The van der Waals surface area contributed by atoms with Gasteiger partial charge in [-0.2, -0.15) is 0 Å². The van der Waals surface area contributed by atoms with Crippen LogP contribution in [0.3, 0.4) is 0 Å². The maximum Gasteiger partial charge on any atom is 0.337 e. The molecule has 6 heteroatoms. The highest BCUT2D eigenvalue weighted by Crippen LogP contribution is 2.20. The lowest BCUT2D eigenvalue weighted by molar-refractivity contribution is -0.117. The number of rotatable bonds is 6. The average Bonchev–Trinajstić information content (AvgIpc) is 2.31. The summed E-state index contributed by atoms with van der Waals surface area (Å²) >= 11 is 0. The molecule has 0 spiro atoms. The second-order valence-corrected chi connectivity index (χ2v) is 3.46. The van der Waals surface area contributed by atoms with Gasteiger partial charge in [0.2, 0.25) is 5.91 Å². The number of carbonyl (C=O) groups excluding carboxylic acids is 1. The van der Waals surface area contributed by atoms with Gasteiger partial charge < -0.3 is 15.2 Å². The van der Waals surface area contributed by atoms with Crippen molar-refractivity contribution in [1.82, 2.24) is 0 Å². The number of aromatic carboxylic acids is 1. The van der Waals surface area contributed by atoms with E-state index >= 15 is 0 Å². The summed E-state index contributed by atoms with van der Waals surface area (Å²) in [5.74, 6) is -2.56. The summed E-state index contributed by atoms with van der Waals surface area (Å²) in [7, 11) is 0. The first-order valence-electron chi connectivity index (χ1n) is 5.45. The van der Waals surface area contributed by atoms with Crippen molar-refractivity contribution in [3.05, 3.63) is 29.6 Å². The van der Waals surface area contributed by atoms with Crippen LogP contribution in [0.15, 0.2) is 18.2 Å². The second kappa shape index (κ2) is 6.70. The number of hydrogen-bond donors (Lipinski definition) is 2. The van der Waals surface area contributed by atoms with Gasteiger partial charge in [-0.05, 0) is 19.1 Å². The van der Waals surface area contributed by atoms with Crippen molar-refractivity contribution in [2.24, 2.45) is 0 Å². The summed E-state index contributed by atoms with van der Waals surface area (Å²) in [6, 6.07) is 3.59. The third kappa shape index (κ3) is 3.81. The topological polar surface area (TPSA) is 75.6 Å². The Morgan fingerprint density at radius 1 is 1.44 bits per heavy atom. The van der Waals surface area contributed by atoms with Gasteiger partial charge in [0.25, 0.3) is 0 Å². The van der Waals surface area contributed by atoms with Crippen molar-refractivity contribution >= 4 is 17.6 Å². The number of carboxylic acid groups (broad SMARTS) is 1. The van der Waals surface area contributed by atoms with Gasteiger partial charge in [-0.3, -0.25) is 4.79 Å². The molecule has 0 aromatic heterocycles. The largest absolute Gasteiger partial charge is 0.478 e. The van der Waals surface area contributed by atoms with E-state index in [1.54, 1.807) is 6.92 Å². The van der Waals surface area contributed by atoms with Crippen molar-refractivity contribution in [2.75, 3.05) is 18.5 Å². The number of benzene rings is 1. The van der Waals surface area contributed by atoms with Gasteiger partial charge in [0.15, 0.2) is 0 Å². The van der Waals surface area contributed by atoms with Gasteiger partial charge in [-0.15, -0.1) is 0 Å². The highest BCUT2D eigenvalue weighted by Gasteiger charge is 2.16. The smallest absolute Gasteiger partial charge is 0.337 e. The van der Waals surface area contributed by atoms with Crippen LogP contribution in [0.2, 0.25) is 0 Å². The SMILES string of the molecule is CCOCCC(=O)Nc1c(F)cccc1C(=O)O. The molecule has 0 aliphatic carbocycles. The monoisotopic (exact) mass is 255 g/mol. The van der Waals surface area contributed by atoms with E-state index in [9.17, 15) is 14.0 Å². The third-order valence-corrected chi connectivity index (χ3v) is 2.19. The Bertz CT molecular complexity index is 448. The molecule has 18 heavy (non-hydrogen) atoms. The van der Waals surface area contributed by atoms with Crippen LogP contribution in [0.5, 0.6) is 0 Å². The van der Waals surface area contributed by atoms with E-state index in [2.05, 4.69) is 5.32 Å². The number of para-hydroxylation sites is 1. The number of halogens is 1. The van der Waals surface area contributed by atoms with Gasteiger partial charge in [0, 0.05) is 6.61 Å². The number of nitrogens with one attached hydrogen (secondary N) is 1. The van der Waals surface area contributed by atoms with Crippen LogP contribution in [0.25, 0.3) is 0 Å². The van der Waals surface area contributed by atoms with E-state index in [1.807, 2.05) is 0 Å². The Labute approximate surface area is 104 Å². The molecule has 5 nitrogen and oxygen atoms in total. The van der Waals surface area contributed by atoms with E-state index < -0.39 is 17.7 Å². The molecule has 1 aromatic rings. The Kier molecular flexibility index (Phi) is 5.26. The molecule has 0 saturated heterocycles. The van der Waals surface area contributed by atoms with Crippen LogP contribution in [0.1, 0.15) is 23.7 Å². The van der Waals surface area contributed by atoms with Gasteiger partial charge in [-0.1, -0.05) is 6.07 Å². The minimum atomic E-state index is -1.30. The number of hydrogen-bond acceptors (Lipinski definition) is 3. The Morgan fingerprint density at radius 3 is 2.78 bits per heavy atom. The van der Waals surface area contributed by atoms with Gasteiger partial charge in [-0.25, -0.2) is 9.18 Å². The van der Waals surface area contributed by atoms with E-state index in [1.165, 1.54) is 12.1 Å². The lowest BCUT2D eigenvalue weighted by atomic mass is 10.1. The second-order valence-electron chi connectivity index (χ2n) is 3.46. The molecule has 0 atom stereocenters. The molecule has 1 rings (SSSR count). The lowest BCUT2D eigenvalue weighted by Gasteiger charge is -2.09. The molecule has 0 aliphatic heterocycles. The maximum absolute atomic E-state index is 13.4. The van der Waals surface area contributed by atoms with Crippen LogP contribution < -0.4 is 5.32 Å². The molecule has 0 saturated carbocycles. The highest BCUT2D eigenvalue weighted by molar-refractivity contribution is 6.00. The first kappa shape index (κ1) is 14.1. The van der Waals surface area contributed by atoms with Crippen molar-refractivity contribution in [1.29, 1.82) is 0 Å². The molecule has 1 aromatic carbocycles. The third-order valence-electron chi connectivity index (χ3n) is 2.19. The Hall–Kier alpha value is -1.95. The number of amides is 1. The first-order valence-corrected chi connectivity index (χ1v) is 5.45. The zero-order chi connectivity index (χ0) is 13.5. The Morgan fingerprint density at radius 2 is 2.17 bits per heavy atom. The molecule has 0 heterocycles. The van der Waals surface area contributed by atoms with Gasteiger partial charge in [0.1, 0.15) is 5.82 Å². The molecule has 2 N–H and O–H groups in total. The molecular formula is C12H14FNO4. The van der Waals surface area contributed by atoms with Crippen LogP contribution in [-0.4, -0.2) is 30.2 Å². The van der Waals surface area contributed by atoms with Crippen LogP contribution in [0.4, 0.5) is 10.1 Å². The standard InChI is InChI=1S/C12H14FNO4/c1-2-18-7-6-10(15)14-11-8(12(16)17)4-3-5-9(11)13/h3-5H,2,6-7H2,1H3,(H,14,15)(H,16,17). The molecule has 0 radical (unpaired) electrons. The predicted molar refractivity (Wildman–Crippen MR) is 63.1 cm³/mol. The minimum Gasteiger partial charge on any atom is -0.478 e. The van der Waals surface area contributed by atoms with E-state index in [4.69, 9.17) is 9.84 Å². The normalized spacial score (nSPS) is 10.1. The van der Waals surface area contributed by atoms with E-state index in [0.717, 1.165) is 6.07 Å². The number of carboxylic acids is 1. The molecule has 98 valence electrons. The summed E-state index contributed by atoms with van der Waals surface area (Å²) in [6.07, 6.45) is 0.0429. The zero-order valence-electron chi connectivity index (χ0n) is 9.90. The quantitative estimate of drug-likeness (QED) is 0.761. The van der Waals surface area contributed by atoms with Crippen molar-refractivity contribution in [3.63, 3.8) is 0 Å². The van der Waals surface area contributed by atoms with Crippen LogP contribution in [-0.2, 0) is 9.53 Å².